The molecule has 2 N–H and O–H groups in total. The predicted molar refractivity (Wildman–Crippen MR) is 71.8 cm³/mol. The lowest BCUT2D eigenvalue weighted by Crippen LogP contribution is -2.01. The second kappa shape index (κ2) is 4.66. The molecule has 0 saturated heterocycles. The van der Waals surface area contributed by atoms with Crippen LogP contribution < -0.4 is 5.73 Å². The number of ketones is 1. The molecule has 4 heteroatoms. The van der Waals surface area contributed by atoms with Gasteiger partial charge < -0.3 is 10.2 Å². The summed E-state index contributed by atoms with van der Waals surface area (Å²) >= 11 is 0. The van der Waals surface area contributed by atoms with Gasteiger partial charge in [0.1, 0.15) is 5.76 Å². The number of pyridine rings is 1. The Bertz CT molecular complexity index is 741. The summed E-state index contributed by atoms with van der Waals surface area (Å²) in [6, 6.07) is 11.0. The summed E-state index contributed by atoms with van der Waals surface area (Å²) in [4.78, 5) is 16.5. The first kappa shape index (κ1) is 11.6. The van der Waals surface area contributed by atoms with Gasteiger partial charge in [-0.1, -0.05) is 24.3 Å². The Labute approximate surface area is 109 Å². The molecule has 0 aliphatic rings. The van der Waals surface area contributed by atoms with Crippen molar-refractivity contribution < 1.29 is 9.21 Å². The molecule has 0 saturated carbocycles. The average Bonchev–Trinajstić information content (AvgIpc) is 2.95. The molecule has 0 aliphatic heterocycles. The SMILES string of the molecule is NCc1ccc(C(=O)c2cncc3ccccc23)o1. The molecule has 3 aromatic rings. The van der Waals surface area contributed by atoms with Gasteiger partial charge in [0.25, 0.3) is 0 Å². The van der Waals surface area contributed by atoms with Crippen molar-refractivity contribution in [2.24, 2.45) is 5.73 Å². The van der Waals surface area contributed by atoms with Crippen molar-refractivity contribution in [1.29, 1.82) is 0 Å². The molecule has 0 radical (unpaired) electrons. The van der Waals surface area contributed by atoms with Crippen LogP contribution in [0.1, 0.15) is 21.9 Å². The van der Waals surface area contributed by atoms with Gasteiger partial charge in [-0.05, 0) is 17.5 Å². The van der Waals surface area contributed by atoms with E-state index < -0.39 is 0 Å². The van der Waals surface area contributed by atoms with Crippen LogP contribution >= 0.6 is 0 Å². The third-order valence-electron chi connectivity index (χ3n) is 3.00. The van der Waals surface area contributed by atoms with Crippen molar-refractivity contribution in [3.8, 4) is 0 Å². The van der Waals surface area contributed by atoms with Crippen LogP contribution in [0.5, 0.6) is 0 Å². The molecule has 94 valence electrons. The van der Waals surface area contributed by atoms with Crippen molar-refractivity contribution in [2.45, 2.75) is 6.54 Å². The van der Waals surface area contributed by atoms with E-state index in [-0.39, 0.29) is 12.3 Å². The third kappa shape index (κ3) is 2.02. The van der Waals surface area contributed by atoms with Crippen LogP contribution in [0.3, 0.4) is 0 Å². The van der Waals surface area contributed by atoms with E-state index >= 15 is 0 Å². The maximum Gasteiger partial charge on any atom is 0.230 e. The Morgan fingerprint density at radius 3 is 2.79 bits per heavy atom. The number of nitrogens with two attached hydrogens (primary N) is 1. The van der Waals surface area contributed by atoms with E-state index in [1.165, 1.54) is 0 Å². The zero-order valence-corrected chi connectivity index (χ0v) is 10.2. The van der Waals surface area contributed by atoms with E-state index in [4.69, 9.17) is 10.2 Å². The Morgan fingerprint density at radius 1 is 1.16 bits per heavy atom. The van der Waals surface area contributed by atoms with Gasteiger partial charge in [0, 0.05) is 17.8 Å². The van der Waals surface area contributed by atoms with Crippen LogP contribution in [0.4, 0.5) is 0 Å². The van der Waals surface area contributed by atoms with Crippen molar-refractivity contribution >= 4 is 16.6 Å². The molecule has 2 heterocycles. The highest BCUT2D eigenvalue weighted by atomic mass is 16.3. The smallest absolute Gasteiger partial charge is 0.230 e. The summed E-state index contributed by atoms with van der Waals surface area (Å²) in [5.74, 6) is 0.708. The molecule has 1 aromatic carbocycles. The van der Waals surface area contributed by atoms with Gasteiger partial charge in [-0.2, -0.15) is 0 Å². The molecule has 19 heavy (non-hydrogen) atoms. The molecule has 4 nitrogen and oxygen atoms in total. The summed E-state index contributed by atoms with van der Waals surface area (Å²) < 4.78 is 5.40. The van der Waals surface area contributed by atoms with E-state index in [0.717, 1.165) is 10.8 Å². The predicted octanol–water partition coefficient (Wildman–Crippen LogP) is 2.52. The monoisotopic (exact) mass is 252 g/mol. The zero-order chi connectivity index (χ0) is 13.2. The molecular formula is C15H12N2O2. The maximum atomic E-state index is 12.4. The summed E-state index contributed by atoms with van der Waals surface area (Å²) in [5, 5.41) is 1.80. The van der Waals surface area contributed by atoms with Gasteiger partial charge >= 0.3 is 0 Å². The second-order valence-corrected chi connectivity index (χ2v) is 4.21. The Balaban J connectivity index is 2.11. The summed E-state index contributed by atoms with van der Waals surface area (Å²) in [7, 11) is 0. The third-order valence-corrected chi connectivity index (χ3v) is 3.00. The van der Waals surface area contributed by atoms with Crippen LogP contribution in [-0.2, 0) is 6.54 Å². The maximum absolute atomic E-state index is 12.4. The largest absolute Gasteiger partial charge is 0.456 e. The van der Waals surface area contributed by atoms with Crippen molar-refractivity contribution in [3.63, 3.8) is 0 Å². The molecule has 3 rings (SSSR count). The fourth-order valence-electron chi connectivity index (χ4n) is 2.04. The van der Waals surface area contributed by atoms with Crippen LogP contribution in [0, 0.1) is 0 Å². The first-order valence-corrected chi connectivity index (χ1v) is 5.96. The molecule has 0 aliphatic carbocycles. The number of hydrogen-bond acceptors (Lipinski definition) is 4. The van der Waals surface area contributed by atoms with Crippen LogP contribution in [0.15, 0.2) is 53.2 Å². The number of carbonyl (C=O) groups is 1. The van der Waals surface area contributed by atoms with Gasteiger partial charge in [0.15, 0.2) is 5.76 Å². The first-order valence-electron chi connectivity index (χ1n) is 5.96. The lowest BCUT2D eigenvalue weighted by atomic mass is 10.0. The normalized spacial score (nSPS) is 10.8. The number of furan rings is 1. The number of aromatic nitrogens is 1. The van der Waals surface area contributed by atoms with Crippen LogP contribution in [-0.4, -0.2) is 10.8 Å². The highest BCUT2D eigenvalue weighted by molar-refractivity contribution is 6.14. The van der Waals surface area contributed by atoms with Gasteiger partial charge in [-0.15, -0.1) is 0 Å². The van der Waals surface area contributed by atoms with E-state index in [2.05, 4.69) is 4.98 Å². The highest BCUT2D eigenvalue weighted by Crippen LogP contribution is 2.21. The second-order valence-electron chi connectivity index (χ2n) is 4.21. The lowest BCUT2D eigenvalue weighted by Gasteiger charge is -2.03. The fraction of sp³-hybridized carbons (Fsp3) is 0.0667. The summed E-state index contributed by atoms with van der Waals surface area (Å²) in [6.45, 7) is 0.279. The molecule has 0 amide bonds. The topological polar surface area (TPSA) is 69.1 Å². The molecule has 0 unspecified atom stereocenters. The molecular weight excluding hydrogens is 240 g/mol. The highest BCUT2D eigenvalue weighted by Gasteiger charge is 2.16. The van der Waals surface area contributed by atoms with Crippen LogP contribution in [0.2, 0.25) is 0 Å². The van der Waals surface area contributed by atoms with Gasteiger partial charge in [-0.3, -0.25) is 9.78 Å². The minimum atomic E-state index is -0.177. The molecule has 0 fully saturated rings. The molecule has 2 aromatic heterocycles. The quantitative estimate of drug-likeness (QED) is 0.727. The molecule has 0 atom stereocenters. The Hall–Kier alpha value is -2.46. The van der Waals surface area contributed by atoms with Gasteiger partial charge in [0.2, 0.25) is 5.78 Å². The van der Waals surface area contributed by atoms with E-state index in [1.54, 1.807) is 24.5 Å². The minimum absolute atomic E-state index is 0.177. The first-order chi connectivity index (χ1) is 9.29. The fourth-order valence-corrected chi connectivity index (χ4v) is 2.04. The van der Waals surface area contributed by atoms with Crippen molar-refractivity contribution in [2.75, 3.05) is 0 Å². The van der Waals surface area contributed by atoms with Crippen LogP contribution in [0.25, 0.3) is 10.8 Å². The van der Waals surface area contributed by atoms with E-state index in [0.29, 0.717) is 17.1 Å². The van der Waals surface area contributed by atoms with Gasteiger partial charge in [-0.25, -0.2) is 0 Å². The molecule has 0 spiro atoms. The number of benzene rings is 1. The van der Waals surface area contributed by atoms with E-state index in [9.17, 15) is 4.79 Å². The standard InChI is InChI=1S/C15H12N2O2/c16-7-11-5-6-14(19-11)15(18)13-9-17-8-10-3-1-2-4-12(10)13/h1-6,8-9H,7,16H2. The lowest BCUT2D eigenvalue weighted by molar-refractivity contribution is 0.101. The number of carbonyl (C=O) groups excluding carboxylic acids is 1. The average molecular weight is 252 g/mol. The van der Waals surface area contributed by atoms with E-state index in [1.807, 2.05) is 24.3 Å². The number of rotatable bonds is 3. The van der Waals surface area contributed by atoms with Crippen molar-refractivity contribution in [1.82, 2.24) is 4.98 Å². The number of fused-ring (bicyclic) bond motifs is 1. The minimum Gasteiger partial charge on any atom is -0.456 e. The van der Waals surface area contributed by atoms with Gasteiger partial charge in [0.05, 0.1) is 12.1 Å². The summed E-state index contributed by atoms with van der Waals surface area (Å²) in [5.41, 5.74) is 6.01. The number of hydrogen-bond donors (Lipinski definition) is 1. The zero-order valence-electron chi connectivity index (χ0n) is 10.2. The Kier molecular flexibility index (Phi) is 2.85. The molecule has 0 bridgehead atoms. The van der Waals surface area contributed by atoms with Crippen molar-refractivity contribution in [3.05, 3.63) is 65.9 Å². The summed E-state index contributed by atoms with van der Waals surface area (Å²) in [6.07, 6.45) is 3.30. The number of nitrogens with zero attached hydrogens (tertiary/aromatic N) is 1. The Morgan fingerprint density at radius 2 is 2.00 bits per heavy atom.